The molecule has 17 heavy (non-hydrogen) atoms. The molecule has 3 heteroatoms. The van der Waals surface area contributed by atoms with Crippen LogP contribution in [-0.4, -0.2) is 6.21 Å². The van der Waals surface area contributed by atoms with Crippen molar-refractivity contribution in [3.63, 3.8) is 0 Å². The lowest BCUT2D eigenvalue weighted by Crippen LogP contribution is -1.90. The van der Waals surface area contributed by atoms with E-state index in [1.807, 2.05) is 31.2 Å². The van der Waals surface area contributed by atoms with Gasteiger partial charge in [0.25, 0.3) is 0 Å². The highest BCUT2D eigenvalue weighted by Crippen LogP contribution is 2.08. The number of hydrogen-bond acceptors (Lipinski definition) is 2. The van der Waals surface area contributed by atoms with Crippen molar-refractivity contribution < 1.29 is 4.39 Å². The summed E-state index contributed by atoms with van der Waals surface area (Å²) in [5, 5.41) is 4.07. The molecule has 0 aliphatic heterocycles. The summed E-state index contributed by atoms with van der Waals surface area (Å²) in [5.74, 6) is -0.242. The van der Waals surface area contributed by atoms with Crippen LogP contribution in [0.5, 0.6) is 0 Å². The molecule has 1 N–H and O–H groups in total. The SMILES string of the molecule is Cc1ccc(N/N=C\c2ccc(F)cc2)cc1. The number of halogens is 1. The van der Waals surface area contributed by atoms with Crippen molar-refractivity contribution in [2.75, 3.05) is 5.43 Å². The van der Waals surface area contributed by atoms with Gasteiger partial charge in [0, 0.05) is 0 Å². The largest absolute Gasteiger partial charge is 0.279 e. The number of anilines is 1. The molecule has 0 unspecified atom stereocenters. The van der Waals surface area contributed by atoms with Crippen LogP contribution in [0.1, 0.15) is 11.1 Å². The molecule has 0 bridgehead atoms. The Morgan fingerprint density at radius 1 is 1.00 bits per heavy atom. The quantitative estimate of drug-likeness (QED) is 0.630. The Bertz CT molecular complexity index is 501. The number of benzene rings is 2. The van der Waals surface area contributed by atoms with Crippen LogP contribution >= 0.6 is 0 Å². The topological polar surface area (TPSA) is 24.4 Å². The normalized spacial score (nSPS) is 10.7. The van der Waals surface area contributed by atoms with Crippen molar-refractivity contribution in [2.24, 2.45) is 5.10 Å². The lowest BCUT2D eigenvalue weighted by Gasteiger charge is -2.00. The number of aryl methyl sites for hydroxylation is 1. The molecule has 0 aromatic heterocycles. The Hall–Kier alpha value is -2.16. The number of hydrogen-bond donors (Lipinski definition) is 1. The van der Waals surface area contributed by atoms with Crippen LogP contribution in [0.25, 0.3) is 0 Å². The zero-order valence-corrected chi connectivity index (χ0v) is 9.52. The molecule has 86 valence electrons. The van der Waals surface area contributed by atoms with Gasteiger partial charge in [-0.1, -0.05) is 29.8 Å². The van der Waals surface area contributed by atoms with E-state index in [9.17, 15) is 4.39 Å². The van der Waals surface area contributed by atoms with Crippen molar-refractivity contribution >= 4 is 11.9 Å². The second-order valence-corrected chi connectivity index (χ2v) is 3.79. The van der Waals surface area contributed by atoms with Gasteiger partial charge in [-0.2, -0.15) is 5.10 Å². The molecule has 0 heterocycles. The van der Waals surface area contributed by atoms with Crippen LogP contribution in [0, 0.1) is 12.7 Å². The van der Waals surface area contributed by atoms with E-state index in [2.05, 4.69) is 10.5 Å². The standard InChI is InChI=1S/C14H13FN2/c1-11-2-8-14(9-3-11)17-16-10-12-4-6-13(15)7-5-12/h2-10,17H,1H3/b16-10-. The van der Waals surface area contributed by atoms with E-state index >= 15 is 0 Å². The fourth-order valence-corrected chi connectivity index (χ4v) is 1.36. The van der Waals surface area contributed by atoms with Gasteiger partial charge in [-0.05, 0) is 36.8 Å². The molecule has 2 nitrogen and oxygen atoms in total. The van der Waals surface area contributed by atoms with Crippen LogP contribution in [0.3, 0.4) is 0 Å². The third kappa shape index (κ3) is 3.41. The van der Waals surface area contributed by atoms with Gasteiger partial charge < -0.3 is 0 Å². The summed E-state index contributed by atoms with van der Waals surface area (Å²) in [4.78, 5) is 0. The summed E-state index contributed by atoms with van der Waals surface area (Å²) >= 11 is 0. The van der Waals surface area contributed by atoms with Crippen LogP contribution in [0.4, 0.5) is 10.1 Å². The number of hydrazone groups is 1. The molecule has 0 atom stereocenters. The van der Waals surface area contributed by atoms with Crippen LogP contribution in [0.2, 0.25) is 0 Å². The van der Waals surface area contributed by atoms with E-state index in [-0.39, 0.29) is 5.82 Å². The Morgan fingerprint density at radius 3 is 2.29 bits per heavy atom. The smallest absolute Gasteiger partial charge is 0.123 e. The van der Waals surface area contributed by atoms with E-state index in [0.717, 1.165) is 11.3 Å². The second kappa shape index (κ2) is 5.25. The monoisotopic (exact) mass is 228 g/mol. The molecule has 0 fully saturated rings. The third-order valence-electron chi connectivity index (χ3n) is 2.33. The maximum absolute atomic E-state index is 12.7. The molecule has 2 rings (SSSR count). The van der Waals surface area contributed by atoms with Crippen molar-refractivity contribution in [1.29, 1.82) is 0 Å². The van der Waals surface area contributed by atoms with E-state index in [1.165, 1.54) is 17.7 Å². The Labute approximate surface area is 99.8 Å². The molecule has 0 saturated heterocycles. The van der Waals surface area contributed by atoms with E-state index in [0.29, 0.717) is 0 Å². The second-order valence-electron chi connectivity index (χ2n) is 3.79. The average Bonchev–Trinajstić information content (AvgIpc) is 2.34. The minimum absolute atomic E-state index is 0.242. The highest BCUT2D eigenvalue weighted by atomic mass is 19.1. The Balaban J connectivity index is 1.97. The fraction of sp³-hybridized carbons (Fsp3) is 0.0714. The van der Waals surface area contributed by atoms with Crippen molar-refractivity contribution in [2.45, 2.75) is 6.92 Å². The minimum atomic E-state index is -0.242. The van der Waals surface area contributed by atoms with Crippen molar-refractivity contribution in [1.82, 2.24) is 0 Å². The lowest BCUT2D eigenvalue weighted by atomic mass is 10.2. The van der Waals surface area contributed by atoms with Gasteiger partial charge >= 0.3 is 0 Å². The molecule has 0 spiro atoms. The Morgan fingerprint density at radius 2 is 1.65 bits per heavy atom. The van der Waals surface area contributed by atoms with Gasteiger partial charge in [-0.25, -0.2) is 4.39 Å². The lowest BCUT2D eigenvalue weighted by molar-refractivity contribution is 0.628. The highest BCUT2D eigenvalue weighted by molar-refractivity contribution is 5.80. The molecular weight excluding hydrogens is 215 g/mol. The summed E-state index contributed by atoms with van der Waals surface area (Å²) in [6.07, 6.45) is 1.65. The molecule has 0 radical (unpaired) electrons. The van der Waals surface area contributed by atoms with Gasteiger partial charge in [-0.15, -0.1) is 0 Å². The number of nitrogens with one attached hydrogen (secondary N) is 1. The van der Waals surface area contributed by atoms with Gasteiger partial charge in [0.15, 0.2) is 0 Å². The van der Waals surface area contributed by atoms with Gasteiger partial charge in [-0.3, -0.25) is 5.43 Å². The summed E-state index contributed by atoms with van der Waals surface area (Å²) in [5.41, 5.74) is 5.89. The zero-order valence-electron chi connectivity index (χ0n) is 9.52. The summed E-state index contributed by atoms with van der Waals surface area (Å²) in [6.45, 7) is 2.03. The molecular formula is C14H13FN2. The molecule has 2 aromatic carbocycles. The Kier molecular flexibility index (Phi) is 3.50. The maximum Gasteiger partial charge on any atom is 0.123 e. The summed E-state index contributed by atoms with van der Waals surface area (Å²) < 4.78 is 12.7. The minimum Gasteiger partial charge on any atom is -0.279 e. The molecule has 0 aliphatic carbocycles. The zero-order chi connectivity index (χ0) is 12.1. The first-order chi connectivity index (χ1) is 8.24. The highest BCUT2D eigenvalue weighted by Gasteiger charge is 1.90. The summed E-state index contributed by atoms with van der Waals surface area (Å²) in [7, 11) is 0. The van der Waals surface area contributed by atoms with Crippen LogP contribution in [0.15, 0.2) is 53.6 Å². The predicted octanol–water partition coefficient (Wildman–Crippen LogP) is 3.58. The molecule has 0 aliphatic rings. The van der Waals surface area contributed by atoms with E-state index in [1.54, 1.807) is 18.3 Å². The molecule has 0 saturated carbocycles. The van der Waals surface area contributed by atoms with Crippen LogP contribution < -0.4 is 5.43 Å². The molecule has 2 aromatic rings. The van der Waals surface area contributed by atoms with Crippen molar-refractivity contribution in [3.05, 3.63) is 65.5 Å². The number of nitrogens with zero attached hydrogens (tertiary/aromatic N) is 1. The van der Waals surface area contributed by atoms with Gasteiger partial charge in [0.05, 0.1) is 11.9 Å². The van der Waals surface area contributed by atoms with Crippen LogP contribution in [-0.2, 0) is 0 Å². The number of rotatable bonds is 3. The molecule has 0 amide bonds. The van der Waals surface area contributed by atoms with E-state index < -0.39 is 0 Å². The van der Waals surface area contributed by atoms with Gasteiger partial charge in [0.2, 0.25) is 0 Å². The predicted molar refractivity (Wildman–Crippen MR) is 68.8 cm³/mol. The summed E-state index contributed by atoms with van der Waals surface area (Å²) in [6, 6.07) is 14.1. The van der Waals surface area contributed by atoms with Crippen molar-refractivity contribution in [3.8, 4) is 0 Å². The first-order valence-corrected chi connectivity index (χ1v) is 5.35. The van der Waals surface area contributed by atoms with Gasteiger partial charge in [0.1, 0.15) is 5.82 Å². The average molecular weight is 228 g/mol. The fourth-order valence-electron chi connectivity index (χ4n) is 1.36. The first kappa shape index (κ1) is 11.3. The maximum atomic E-state index is 12.7. The third-order valence-corrected chi connectivity index (χ3v) is 2.33. The van der Waals surface area contributed by atoms with E-state index in [4.69, 9.17) is 0 Å². The first-order valence-electron chi connectivity index (χ1n) is 5.35.